The molecule has 0 unspecified atom stereocenters. The van der Waals surface area contributed by atoms with E-state index in [1.165, 1.54) is 36.4 Å². The minimum Gasteiger partial charge on any atom is -0.350 e. The van der Waals surface area contributed by atoms with Crippen LogP contribution in [0, 0.1) is 5.82 Å². The van der Waals surface area contributed by atoms with Gasteiger partial charge in [0.25, 0.3) is 5.89 Å². The minimum atomic E-state index is -4.40. The zero-order chi connectivity index (χ0) is 22.7. The van der Waals surface area contributed by atoms with E-state index in [0.29, 0.717) is 16.8 Å². The fourth-order valence-electron chi connectivity index (χ4n) is 3.01. The Morgan fingerprint density at radius 1 is 1.03 bits per heavy atom. The van der Waals surface area contributed by atoms with Gasteiger partial charge < -0.3 is 14.4 Å². The lowest BCUT2D eigenvalue weighted by atomic mass is 10.1. The summed E-state index contributed by atoms with van der Waals surface area (Å²) in [6, 6.07) is 13.6. The predicted molar refractivity (Wildman–Crippen MR) is 106 cm³/mol. The van der Waals surface area contributed by atoms with Crippen LogP contribution in [0.15, 0.2) is 71.4 Å². The Bertz CT molecular complexity index is 1210. The van der Waals surface area contributed by atoms with Gasteiger partial charge in [-0.1, -0.05) is 17.3 Å². The molecular formula is C22H16F4N4O2. The van der Waals surface area contributed by atoms with Crippen molar-refractivity contribution in [3.05, 3.63) is 83.8 Å². The van der Waals surface area contributed by atoms with Crippen molar-refractivity contribution in [3.8, 4) is 23.0 Å². The number of benzene rings is 2. The molecule has 10 heteroatoms. The lowest BCUT2D eigenvalue weighted by molar-refractivity contribution is -0.137. The number of carbonyl (C=O) groups excluding carboxylic acids is 1. The molecule has 0 aliphatic rings. The van der Waals surface area contributed by atoms with Gasteiger partial charge in [-0.15, -0.1) is 0 Å². The van der Waals surface area contributed by atoms with Gasteiger partial charge in [0.15, 0.2) is 0 Å². The monoisotopic (exact) mass is 444 g/mol. The molecule has 0 atom stereocenters. The molecule has 0 aliphatic heterocycles. The molecule has 0 spiro atoms. The van der Waals surface area contributed by atoms with E-state index in [1.54, 1.807) is 22.9 Å². The summed E-state index contributed by atoms with van der Waals surface area (Å²) in [6.07, 6.45) is -2.74. The first-order valence-electron chi connectivity index (χ1n) is 9.47. The summed E-state index contributed by atoms with van der Waals surface area (Å²) in [5.41, 5.74) is 0.883. The molecule has 2 aromatic carbocycles. The molecule has 0 fully saturated rings. The minimum absolute atomic E-state index is 0.0583. The fraction of sp³-hybridized carbons (Fsp3) is 0.136. The average Bonchev–Trinajstić information content (AvgIpc) is 3.42. The highest BCUT2D eigenvalue weighted by Crippen LogP contribution is 2.29. The van der Waals surface area contributed by atoms with Crippen molar-refractivity contribution in [1.82, 2.24) is 20.0 Å². The van der Waals surface area contributed by atoms with Gasteiger partial charge in [-0.05, 0) is 54.1 Å². The number of aromatic nitrogens is 3. The van der Waals surface area contributed by atoms with Crippen molar-refractivity contribution in [2.45, 2.75) is 19.3 Å². The molecule has 2 aromatic heterocycles. The second kappa shape index (κ2) is 8.66. The number of rotatable bonds is 6. The van der Waals surface area contributed by atoms with Crippen molar-refractivity contribution in [2.24, 2.45) is 0 Å². The fourth-order valence-corrected chi connectivity index (χ4v) is 3.01. The van der Waals surface area contributed by atoms with E-state index in [2.05, 4.69) is 15.5 Å². The summed E-state index contributed by atoms with van der Waals surface area (Å²) < 4.78 is 57.9. The van der Waals surface area contributed by atoms with E-state index >= 15 is 0 Å². The van der Waals surface area contributed by atoms with Crippen LogP contribution in [0.3, 0.4) is 0 Å². The normalized spacial score (nSPS) is 11.5. The quantitative estimate of drug-likeness (QED) is 0.439. The molecule has 0 saturated carbocycles. The van der Waals surface area contributed by atoms with Crippen LogP contribution in [0.4, 0.5) is 17.6 Å². The van der Waals surface area contributed by atoms with Crippen molar-refractivity contribution < 1.29 is 26.9 Å². The van der Waals surface area contributed by atoms with E-state index in [-0.39, 0.29) is 36.5 Å². The van der Waals surface area contributed by atoms with Gasteiger partial charge in [0.2, 0.25) is 11.7 Å². The Balaban J connectivity index is 1.40. The standard InChI is InChI=1S/C22H16F4N4O2/c23-17-9-5-15(6-10-17)20-28-21(32-29-20)18-2-1-11-30(18)13-19(31)27-12-14-3-7-16(8-4-14)22(24,25)26/h1-11H,12-13H2,(H,27,31). The third-order valence-electron chi connectivity index (χ3n) is 4.66. The Morgan fingerprint density at radius 2 is 1.75 bits per heavy atom. The summed E-state index contributed by atoms with van der Waals surface area (Å²) in [5.74, 6) is -0.265. The number of hydrogen-bond donors (Lipinski definition) is 1. The lowest BCUT2D eigenvalue weighted by Gasteiger charge is -2.10. The van der Waals surface area contributed by atoms with Gasteiger partial charge in [0.1, 0.15) is 18.1 Å². The van der Waals surface area contributed by atoms with Crippen molar-refractivity contribution in [1.29, 1.82) is 0 Å². The highest BCUT2D eigenvalue weighted by Gasteiger charge is 2.29. The molecule has 0 aliphatic carbocycles. The topological polar surface area (TPSA) is 73.0 Å². The molecule has 4 aromatic rings. The van der Waals surface area contributed by atoms with Crippen LogP contribution in [-0.2, 0) is 24.1 Å². The zero-order valence-electron chi connectivity index (χ0n) is 16.4. The molecule has 164 valence electrons. The molecule has 2 heterocycles. The zero-order valence-corrected chi connectivity index (χ0v) is 16.4. The van der Waals surface area contributed by atoms with E-state index in [0.717, 1.165) is 12.1 Å². The largest absolute Gasteiger partial charge is 0.416 e. The van der Waals surface area contributed by atoms with Gasteiger partial charge >= 0.3 is 6.18 Å². The Labute approximate surface area is 179 Å². The van der Waals surface area contributed by atoms with Crippen LogP contribution in [-0.4, -0.2) is 20.6 Å². The first kappa shape index (κ1) is 21.3. The average molecular weight is 444 g/mol. The van der Waals surface area contributed by atoms with E-state index in [4.69, 9.17) is 4.52 Å². The molecular weight excluding hydrogens is 428 g/mol. The smallest absolute Gasteiger partial charge is 0.350 e. The number of hydrogen-bond acceptors (Lipinski definition) is 4. The number of nitrogens with one attached hydrogen (secondary N) is 1. The lowest BCUT2D eigenvalue weighted by Crippen LogP contribution is -2.27. The number of alkyl halides is 3. The maximum absolute atomic E-state index is 13.1. The second-order valence-corrected chi connectivity index (χ2v) is 6.92. The van der Waals surface area contributed by atoms with Crippen LogP contribution < -0.4 is 5.32 Å². The summed E-state index contributed by atoms with van der Waals surface area (Å²) in [4.78, 5) is 16.6. The van der Waals surface area contributed by atoms with Gasteiger partial charge in [-0.3, -0.25) is 4.79 Å². The Kier molecular flexibility index (Phi) is 5.76. The summed E-state index contributed by atoms with van der Waals surface area (Å²) >= 11 is 0. The van der Waals surface area contributed by atoms with Crippen LogP contribution in [0.2, 0.25) is 0 Å². The molecule has 32 heavy (non-hydrogen) atoms. The Morgan fingerprint density at radius 3 is 2.44 bits per heavy atom. The Hall–Kier alpha value is -3.95. The molecule has 1 N–H and O–H groups in total. The SMILES string of the molecule is O=C(Cn1cccc1-c1nc(-c2ccc(F)cc2)no1)NCc1ccc(C(F)(F)F)cc1. The molecule has 1 amide bonds. The van der Waals surface area contributed by atoms with Crippen molar-refractivity contribution >= 4 is 5.91 Å². The van der Waals surface area contributed by atoms with Gasteiger partial charge in [-0.2, -0.15) is 18.2 Å². The van der Waals surface area contributed by atoms with E-state index in [1.807, 2.05) is 0 Å². The number of halogens is 4. The molecule has 0 bridgehead atoms. The van der Waals surface area contributed by atoms with Gasteiger partial charge in [0.05, 0.1) is 5.56 Å². The van der Waals surface area contributed by atoms with Gasteiger partial charge in [-0.25, -0.2) is 4.39 Å². The van der Waals surface area contributed by atoms with E-state index in [9.17, 15) is 22.4 Å². The maximum atomic E-state index is 13.1. The van der Waals surface area contributed by atoms with Crippen LogP contribution >= 0.6 is 0 Å². The molecule has 6 nitrogen and oxygen atoms in total. The van der Waals surface area contributed by atoms with Crippen LogP contribution in [0.5, 0.6) is 0 Å². The van der Waals surface area contributed by atoms with Crippen molar-refractivity contribution in [2.75, 3.05) is 0 Å². The molecule has 0 radical (unpaired) electrons. The highest BCUT2D eigenvalue weighted by atomic mass is 19.4. The second-order valence-electron chi connectivity index (χ2n) is 6.92. The van der Waals surface area contributed by atoms with Crippen LogP contribution in [0.25, 0.3) is 23.0 Å². The molecule has 0 saturated heterocycles. The van der Waals surface area contributed by atoms with E-state index < -0.39 is 11.7 Å². The summed E-state index contributed by atoms with van der Waals surface area (Å²) in [6.45, 7) is 0.0279. The maximum Gasteiger partial charge on any atom is 0.416 e. The third kappa shape index (κ3) is 4.85. The number of nitrogens with zero attached hydrogens (tertiary/aromatic N) is 3. The number of carbonyl (C=O) groups is 1. The summed E-state index contributed by atoms with van der Waals surface area (Å²) in [7, 11) is 0. The highest BCUT2D eigenvalue weighted by molar-refractivity contribution is 5.76. The first-order chi connectivity index (χ1) is 15.3. The van der Waals surface area contributed by atoms with Crippen molar-refractivity contribution in [3.63, 3.8) is 0 Å². The third-order valence-corrected chi connectivity index (χ3v) is 4.66. The first-order valence-corrected chi connectivity index (χ1v) is 9.47. The predicted octanol–water partition coefficient (Wildman–Crippen LogP) is 4.68. The molecule has 4 rings (SSSR count). The van der Waals surface area contributed by atoms with Gasteiger partial charge in [0, 0.05) is 18.3 Å². The number of amides is 1. The summed E-state index contributed by atoms with van der Waals surface area (Å²) in [5, 5.41) is 6.56. The van der Waals surface area contributed by atoms with Crippen LogP contribution in [0.1, 0.15) is 11.1 Å².